The Hall–Kier alpha value is -2.16. The fraction of sp³-hybridized carbons (Fsp3) is 0.200. The predicted molar refractivity (Wildman–Crippen MR) is 73.2 cm³/mol. The van der Waals surface area contributed by atoms with Crippen molar-refractivity contribution < 1.29 is 4.79 Å². The van der Waals surface area contributed by atoms with Gasteiger partial charge in [0, 0.05) is 12.1 Å². The number of hydrogen-bond acceptors (Lipinski definition) is 3. The Morgan fingerprint density at radius 2 is 2.00 bits per heavy atom. The Labute approximate surface area is 106 Å². The van der Waals surface area contributed by atoms with E-state index >= 15 is 0 Å². The molecule has 0 amide bonds. The van der Waals surface area contributed by atoms with E-state index in [9.17, 15) is 4.79 Å². The topological polar surface area (TPSA) is 41.5 Å². The highest BCUT2D eigenvalue weighted by molar-refractivity contribution is 6.15. The molecule has 1 aliphatic heterocycles. The first-order chi connectivity index (χ1) is 8.84. The molecule has 0 radical (unpaired) electrons. The maximum atomic E-state index is 12.3. The number of Topliss-reactive ketones (excluding diaryl/α,β-unsaturated/α-hetero) is 1. The van der Waals surface area contributed by atoms with Gasteiger partial charge in [0.25, 0.3) is 0 Å². The number of nitrogens with one attached hydrogen (secondary N) is 1. The molecule has 1 aliphatic rings. The second-order valence-corrected chi connectivity index (χ2v) is 4.38. The molecule has 18 heavy (non-hydrogen) atoms. The number of fused-ring (bicyclic) bond motifs is 1. The number of aliphatic imine (C=N–C) groups is 1. The van der Waals surface area contributed by atoms with Crippen LogP contribution in [0.25, 0.3) is 10.8 Å². The van der Waals surface area contributed by atoms with Crippen molar-refractivity contribution in [2.24, 2.45) is 4.99 Å². The summed E-state index contributed by atoms with van der Waals surface area (Å²) in [6.45, 7) is 1.62. The van der Waals surface area contributed by atoms with E-state index in [0.29, 0.717) is 6.42 Å². The minimum Gasteiger partial charge on any atom is -0.372 e. The zero-order valence-electron chi connectivity index (χ0n) is 10.0. The van der Waals surface area contributed by atoms with Gasteiger partial charge in [-0.2, -0.15) is 0 Å². The second-order valence-electron chi connectivity index (χ2n) is 4.38. The van der Waals surface area contributed by atoms with Crippen LogP contribution in [0, 0.1) is 0 Å². The molecule has 1 N–H and O–H groups in total. The fourth-order valence-corrected chi connectivity index (χ4v) is 2.28. The van der Waals surface area contributed by atoms with Crippen molar-refractivity contribution in [3.05, 3.63) is 48.0 Å². The van der Waals surface area contributed by atoms with Gasteiger partial charge in [-0.15, -0.1) is 0 Å². The van der Waals surface area contributed by atoms with E-state index in [2.05, 4.69) is 10.3 Å². The fourth-order valence-electron chi connectivity index (χ4n) is 2.28. The minimum absolute atomic E-state index is 0.125. The molecule has 3 nitrogen and oxygen atoms in total. The van der Waals surface area contributed by atoms with Gasteiger partial charge in [0.05, 0.1) is 13.0 Å². The van der Waals surface area contributed by atoms with Gasteiger partial charge < -0.3 is 5.32 Å². The van der Waals surface area contributed by atoms with Crippen molar-refractivity contribution in [2.75, 3.05) is 13.1 Å². The van der Waals surface area contributed by atoms with Crippen molar-refractivity contribution in [1.82, 2.24) is 5.32 Å². The van der Waals surface area contributed by atoms with Crippen LogP contribution in [0.15, 0.2) is 47.5 Å². The number of amidine groups is 1. The molecule has 2 aromatic carbocycles. The average Bonchev–Trinajstić information content (AvgIpc) is 2.91. The summed E-state index contributed by atoms with van der Waals surface area (Å²) in [4.78, 5) is 16.6. The van der Waals surface area contributed by atoms with Gasteiger partial charge in [0.2, 0.25) is 0 Å². The lowest BCUT2D eigenvalue weighted by atomic mass is 10.00. The van der Waals surface area contributed by atoms with Gasteiger partial charge in [-0.05, 0) is 10.8 Å². The van der Waals surface area contributed by atoms with Gasteiger partial charge in [0.15, 0.2) is 5.78 Å². The summed E-state index contributed by atoms with van der Waals surface area (Å²) in [6.07, 6.45) is 0.369. The third-order valence-electron chi connectivity index (χ3n) is 3.16. The van der Waals surface area contributed by atoms with Crippen LogP contribution in [0.5, 0.6) is 0 Å². The lowest BCUT2D eigenvalue weighted by Gasteiger charge is -2.06. The van der Waals surface area contributed by atoms with Crippen LogP contribution in [0.1, 0.15) is 16.8 Å². The molecule has 0 unspecified atom stereocenters. The maximum Gasteiger partial charge on any atom is 0.170 e. The minimum atomic E-state index is 0.125. The van der Waals surface area contributed by atoms with Gasteiger partial charge >= 0.3 is 0 Å². The van der Waals surface area contributed by atoms with Crippen LogP contribution in [-0.2, 0) is 0 Å². The Morgan fingerprint density at radius 1 is 1.17 bits per heavy atom. The monoisotopic (exact) mass is 238 g/mol. The Kier molecular flexibility index (Phi) is 2.81. The summed E-state index contributed by atoms with van der Waals surface area (Å²) in [5.41, 5.74) is 0.782. The summed E-state index contributed by atoms with van der Waals surface area (Å²) >= 11 is 0. The van der Waals surface area contributed by atoms with Crippen molar-refractivity contribution in [3.63, 3.8) is 0 Å². The zero-order valence-corrected chi connectivity index (χ0v) is 10.0. The predicted octanol–water partition coefficient (Wildman–Crippen LogP) is 2.41. The number of carbonyl (C=O) groups is 1. The van der Waals surface area contributed by atoms with Crippen LogP contribution < -0.4 is 5.32 Å². The quantitative estimate of drug-likeness (QED) is 0.834. The third-order valence-corrected chi connectivity index (χ3v) is 3.16. The molecule has 0 atom stereocenters. The highest BCUT2D eigenvalue weighted by Gasteiger charge is 2.14. The van der Waals surface area contributed by atoms with E-state index in [1.54, 1.807) is 0 Å². The highest BCUT2D eigenvalue weighted by atomic mass is 16.1. The van der Waals surface area contributed by atoms with E-state index < -0.39 is 0 Å². The lowest BCUT2D eigenvalue weighted by molar-refractivity contribution is 0.100. The second kappa shape index (κ2) is 4.61. The molecule has 0 fully saturated rings. The van der Waals surface area contributed by atoms with E-state index in [4.69, 9.17) is 0 Å². The van der Waals surface area contributed by atoms with Gasteiger partial charge in [-0.25, -0.2) is 0 Å². The molecule has 2 aromatic rings. The molecule has 3 heteroatoms. The zero-order chi connectivity index (χ0) is 12.4. The molecule has 90 valence electrons. The Bertz CT molecular complexity index is 626. The van der Waals surface area contributed by atoms with Gasteiger partial charge in [0.1, 0.15) is 5.84 Å². The maximum absolute atomic E-state index is 12.3. The first-order valence-corrected chi connectivity index (χ1v) is 6.13. The van der Waals surface area contributed by atoms with Crippen molar-refractivity contribution in [1.29, 1.82) is 0 Å². The third kappa shape index (κ3) is 1.99. The van der Waals surface area contributed by atoms with Crippen LogP contribution >= 0.6 is 0 Å². The Balaban J connectivity index is 1.96. The molecule has 1 heterocycles. The van der Waals surface area contributed by atoms with Crippen molar-refractivity contribution in [2.45, 2.75) is 6.42 Å². The van der Waals surface area contributed by atoms with Gasteiger partial charge in [-0.3, -0.25) is 9.79 Å². The first kappa shape index (κ1) is 11.0. The van der Waals surface area contributed by atoms with Crippen LogP contribution in [0.4, 0.5) is 0 Å². The molecule has 0 saturated heterocycles. The van der Waals surface area contributed by atoms with E-state index in [0.717, 1.165) is 35.3 Å². The van der Waals surface area contributed by atoms with E-state index in [1.165, 1.54) is 0 Å². The lowest BCUT2D eigenvalue weighted by Crippen LogP contribution is -2.21. The smallest absolute Gasteiger partial charge is 0.170 e. The molecule has 3 rings (SSSR count). The highest BCUT2D eigenvalue weighted by Crippen LogP contribution is 2.19. The number of ketones is 1. The van der Waals surface area contributed by atoms with E-state index in [1.807, 2.05) is 42.5 Å². The number of carbonyl (C=O) groups excluding carboxylic acids is 1. The molecule has 0 spiro atoms. The first-order valence-electron chi connectivity index (χ1n) is 6.13. The summed E-state index contributed by atoms with van der Waals surface area (Å²) < 4.78 is 0. The van der Waals surface area contributed by atoms with Crippen LogP contribution in [-0.4, -0.2) is 24.7 Å². The number of rotatable bonds is 3. The Morgan fingerprint density at radius 3 is 2.83 bits per heavy atom. The molecular weight excluding hydrogens is 224 g/mol. The molecule has 0 saturated carbocycles. The summed E-state index contributed by atoms with van der Waals surface area (Å²) in [7, 11) is 0. The SMILES string of the molecule is O=C(CC1=NCCN1)c1cccc2ccccc12. The molecular formula is C15H14N2O. The number of hydrogen-bond donors (Lipinski definition) is 1. The van der Waals surface area contributed by atoms with E-state index in [-0.39, 0.29) is 5.78 Å². The van der Waals surface area contributed by atoms with Crippen molar-refractivity contribution in [3.8, 4) is 0 Å². The largest absolute Gasteiger partial charge is 0.372 e. The molecule has 0 aromatic heterocycles. The molecule has 0 bridgehead atoms. The standard InChI is InChI=1S/C15H14N2O/c18-14(10-15-16-8-9-17-15)13-7-3-5-11-4-1-2-6-12(11)13/h1-7H,8-10H2,(H,16,17). The molecule has 0 aliphatic carbocycles. The summed E-state index contributed by atoms with van der Waals surface area (Å²) in [5.74, 6) is 0.938. The van der Waals surface area contributed by atoms with Gasteiger partial charge in [-0.1, -0.05) is 42.5 Å². The van der Waals surface area contributed by atoms with Crippen LogP contribution in [0.2, 0.25) is 0 Å². The normalized spacial score (nSPS) is 14.3. The summed E-state index contributed by atoms with van der Waals surface area (Å²) in [5, 5.41) is 5.25. The average molecular weight is 238 g/mol. The number of benzene rings is 2. The van der Waals surface area contributed by atoms with Crippen LogP contribution in [0.3, 0.4) is 0 Å². The summed E-state index contributed by atoms with van der Waals surface area (Å²) in [6, 6.07) is 13.8. The van der Waals surface area contributed by atoms with Crippen molar-refractivity contribution >= 4 is 22.4 Å². The number of nitrogens with zero attached hydrogens (tertiary/aromatic N) is 1.